The summed E-state index contributed by atoms with van der Waals surface area (Å²) in [5.74, 6) is -0.410. The van der Waals surface area contributed by atoms with Crippen LogP contribution in [0.1, 0.15) is 42.3 Å². The number of carbonyl (C=O) groups is 2. The number of para-hydroxylation sites is 1. The van der Waals surface area contributed by atoms with E-state index in [0.717, 1.165) is 36.2 Å². The second-order valence-electron chi connectivity index (χ2n) is 6.97. The number of hydrogen-bond donors (Lipinski definition) is 1. The van der Waals surface area contributed by atoms with Gasteiger partial charge in [-0.3, -0.25) is 14.3 Å². The van der Waals surface area contributed by atoms with Crippen LogP contribution in [-0.2, 0) is 9.59 Å². The van der Waals surface area contributed by atoms with Crippen molar-refractivity contribution in [2.45, 2.75) is 38.1 Å². The molecule has 1 aromatic heterocycles. The van der Waals surface area contributed by atoms with Crippen molar-refractivity contribution >= 4 is 17.5 Å². The first-order chi connectivity index (χ1) is 12.1. The van der Waals surface area contributed by atoms with Crippen LogP contribution in [0.4, 0.5) is 5.69 Å². The van der Waals surface area contributed by atoms with Gasteiger partial charge in [0.25, 0.3) is 0 Å². The topological polar surface area (TPSA) is 67.2 Å². The van der Waals surface area contributed by atoms with E-state index in [1.165, 1.54) is 0 Å². The van der Waals surface area contributed by atoms with Crippen molar-refractivity contribution in [3.63, 3.8) is 0 Å². The van der Waals surface area contributed by atoms with E-state index in [9.17, 15) is 9.59 Å². The predicted molar refractivity (Wildman–Crippen MR) is 94.2 cm³/mol. The second-order valence-corrected chi connectivity index (χ2v) is 6.97. The molecule has 25 heavy (non-hydrogen) atoms. The van der Waals surface area contributed by atoms with Gasteiger partial charge in [-0.15, -0.1) is 0 Å². The summed E-state index contributed by atoms with van der Waals surface area (Å²) in [5, 5.41) is 7.26. The van der Waals surface area contributed by atoms with Gasteiger partial charge in [-0.05, 0) is 37.0 Å². The normalized spacial score (nSPS) is 22.6. The highest BCUT2D eigenvalue weighted by Crippen LogP contribution is 2.35. The third-order valence-corrected chi connectivity index (χ3v) is 5.14. The Hall–Kier alpha value is -2.63. The summed E-state index contributed by atoms with van der Waals surface area (Å²) in [6.07, 6.45) is 6.09. The van der Waals surface area contributed by atoms with Gasteiger partial charge in [0.1, 0.15) is 0 Å². The molecular weight excluding hydrogens is 316 g/mol. The van der Waals surface area contributed by atoms with E-state index in [0.29, 0.717) is 6.54 Å². The Balaban J connectivity index is 1.45. The van der Waals surface area contributed by atoms with Crippen LogP contribution in [0.2, 0.25) is 0 Å². The van der Waals surface area contributed by atoms with Gasteiger partial charge < -0.3 is 10.2 Å². The van der Waals surface area contributed by atoms with Crippen LogP contribution in [0.3, 0.4) is 0 Å². The van der Waals surface area contributed by atoms with E-state index in [2.05, 4.69) is 10.4 Å². The number of likely N-dealkylation sites (tertiary alicyclic amines) is 1. The Morgan fingerprint density at radius 2 is 2.20 bits per heavy atom. The largest absolute Gasteiger partial charge is 0.341 e. The molecule has 1 aromatic carbocycles. The summed E-state index contributed by atoms with van der Waals surface area (Å²) < 4.78 is 1.96. The molecule has 6 nitrogen and oxygen atoms in total. The highest BCUT2D eigenvalue weighted by Gasteiger charge is 2.34. The quantitative estimate of drug-likeness (QED) is 0.935. The van der Waals surface area contributed by atoms with Gasteiger partial charge in [0.15, 0.2) is 0 Å². The van der Waals surface area contributed by atoms with Gasteiger partial charge in [0.05, 0.1) is 18.2 Å². The van der Waals surface area contributed by atoms with Crippen LogP contribution in [0.5, 0.6) is 0 Å². The molecule has 0 radical (unpaired) electrons. The first-order valence-corrected chi connectivity index (χ1v) is 8.80. The number of piperidine rings is 1. The molecule has 2 aromatic rings. The average Bonchev–Trinajstić information content (AvgIpc) is 3.19. The Morgan fingerprint density at radius 3 is 3.00 bits per heavy atom. The smallest absolute Gasteiger partial charge is 0.232 e. The minimum atomic E-state index is -0.379. The minimum Gasteiger partial charge on any atom is -0.341 e. The summed E-state index contributed by atoms with van der Waals surface area (Å²) in [7, 11) is 0. The molecule has 4 rings (SSSR count). The monoisotopic (exact) mass is 338 g/mol. The maximum atomic E-state index is 12.8. The second kappa shape index (κ2) is 6.35. The minimum absolute atomic E-state index is 0.0467. The molecule has 130 valence electrons. The third-order valence-electron chi connectivity index (χ3n) is 5.14. The Morgan fingerprint density at radius 1 is 1.36 bits per heavy atom. The van der Waals surface area contributed by atoms with Crippen LogP contribution < -0.4 is 5.32 Å². The molecule has 2 aliphatic heterocycles. The van der Waals surface area contributed by atoms with E-state index in [4.69, 9.17) is 0 Å². The lowest BCUT2D eigenvalue weighted by atomic mass is 9.96. The molecule has 2 atom stereocenters. The molecule has 0 bridgehead atoms. The van der Waals surface area contributed by atoms with E-state index >= 15 is 0 Å². The van der Waals surface area contributed by atoms with Gasteiger partial charge in [0.2, 0.25) is 11.8 Å². The molecule has 1 N–H and O–H groups in total. The summed E-state index contributed by atoms with van der Waals surface area (Å²) >= 11 is 0. The Bertz CT molecular complexity index is 813. The number of nitrogens with one attached hydrogen (secondary N) is 1. The molecular formula is C19H22N4O2. The van der Waals surface area contributed by atoms with Gasteiger partial charge in [-0.2, -0.15) is 5.10 Å². The van der Waals surface area contributed by atoms with E-state index in [1.807, 2.05) is 53.2 Å². The summed E-state index contributed by atoms with van der Waals surface area (Å²) in [4.78, 5) is 26.9. The summed E-state index contributed by atoms with van der Waals surface area (Å²) in [6.45, 7) is 3.44. The first kappa shape index (κ1) is 15.9. The number of benzene rings is 1. The van der Waals surface area contributed by atoms with Gasteiger partial charge >= 0.3 is 0 Å². The zero-order valence-corrected chi connectivity index (χ0v) is 14.3. The fraction of sp³-hybridized carbons (Fsp3) is 0.421. The zero-order chi connectivity index (χ0) is 17.4. The highest BCUT2D eigenvalue weighted by atomic mass is 16.2. The number of nitrogens with zero attached hydrogens (tertiary/aromatic N) is 3. The highest BCUT2D eigenvalue weighted by molar-refractivity contribution is 6.04. The Labute approximate surface area is 146 Å². The molecule has 0 aliphatic carbocycles. The molecule has 1 saturated heterocycles. The van der Waals surface area contributed by atoms with Crippen LogP contribution in [-0.4, -0.2) is 39.6 Å². The van der Waals surface area contributed by atoms with E-state index in [-0.39, 0.29) is 30.2 Å². The van der Waals surface area contributed by atoms with Gasteiger partial charge in [-0.1, -0.05) is 18.2 Å². The molecule has 0 spiro atoms. The molecule has 2 amide bonds. The van der Waals surface area contributed by atoms with Crippen molar-refractivity contribution < 1.29 is 9.59 Å². The average molecular weight is 338 g/mol. The fourth-order valence-corrected chi connectivity index (χ4v) is 3.81. The van der Waals surface area contributed by atoms with Gasteiger partial charge in [-0.25, -0.2) is 0 Å². The number of aryl methyl sites for hydroxylation is 1. The van der Waals surface area contributed by atoms with Crippen LogP contribution >= 0.6 is 0 Å². The van der Waals surface area contributed by atoms with E-state index in [1.54, 1.807) is 0 Å². The standard InChI is InChI=1S/C19H22N4O2/c1-13-10-20-23(11-13)14-5-4-8-22(12-14)18(24)9-16-15-6-2-3-7-17(15)21-19(16)25/h2-3,6-7,10-11,14,16H,4-5,8-9,12H2,1H3,(H,21,25)/t14-,16-/m0/s1. The summed E-state index contributed by atoms with van der Waals surface area (Å²) in [5.41, 5.74) is 2.88. The number of aromatic nitrogens is 2. The molecule has 2 aliphatic rings. The van der Waals surface area contributed by atoms with Crippen molar-refractivity contribution in [1.29, 1.82) is 0 Å². The first-order valence-electron chi connectivity index (χ1n) is 8.80. The van der Waals surface area contributed by atoms with Crippen LogP contribution in [0.25, 0.3) is 0 Å². The summed E-state index contributed by atoms with van der Waals surface area (Å²) in [6, 6.07) is 7.83. The molecule has 0 saturated carbocycles. The maximum Gasteiger partial charge on any atom is 0.232 e. The number of hydrogen-bond acceptors (Lipinski definition) is 3. The van der Waals surface area contributed by atoms with Crippen molar-refractivity contribution in [1.82, 2.24) is 14.7 Å². The molecule has 1 fully saturated rings. The number of rotatable bonds is 3. The third kappa shape index (κ3) is 3.04. The predicted octanol–water partition coefficient (Wildman–Crippen LogP) is 2.48. The lowest BCUT2D eigenvalue weighted by Crippen LogP contribution is -2.41. The maximum absolute atomic E-state index is 12.8. The van der Waals surface area contributed by atoms with E-state index < -0.39 is 0 Å². The molecule has 0 unspecified atom stereocenters. The number of carbonyl (C=O) groups excluding carboxylic acids is 2. The van der Waals surface area contributed by atoms with Crippen molar-refractivity contribution in [3.05, 3.63) is 47.8 Å². The number of anilines is 1. The van der Waals surface area contributed by atoms with Gasteiger partial charge in [0, 0.05) is 31.4 Å². The van der Waals surface area contributed by atoms with Crippen LogP contribution in [0.15, 0.2) is 36.7 Å². The lowest BCUT2D eigenvalue weighted by Gasteiger charge is -2.33. The fourth-order valence-electron chi connectivity index (χ4n) is 3.81. The lowest BCUT2D eigenvalue weighted by molar-refractivity contribution is -0.135. The number of fused-ring (bicyclic) bond motifs is 1. The van der Waals surface area contributed by atoms with Crippen molar-refractivity contribution in [3.8, 4) is 0 Å². The SMILES string of the molecule is Cc1cnn([C@H]2CCCN(C(=O)C[C@@H]3C(=O)Nc4ccccc43)C2)c1. The van der Waals surface area contributed by atoms with Crippen molar-refractivity contribution in [2.75, 3.05) is 18.4 Å². The van der Waals surface area contributed by atoms with Crippen molar-refractivity contribution in [2.24, 2.45) is 0 Å². The molecule has 3 heterocycles. The van der Waals surface area contributed by atoms with Crippen LogP contribution in [0, 0.1) is 6.92 Å². The zero-order valence-electron chi connectivity index (χ0n) is 14.3. The Kier molecular flexibility index (Phi) is 4.03. The molecule has 6 heteroatoms. The number of amides is 2.